The highest BCUT2D eigenvalue weighted by atomic mass is 16.5. The Balaban J connectivity index is 2.82. The summed E-state index contributed by atoms with van der Waals surface area (Å²) in [6.07, 6.45) is 0.627. The van der Waals surface area contributed by atoms with Crippen molar-refractivity contribution < 1.29 is 23.9 Å². The van der Waals surface area contributed by atoms with Crippen molar-refractivity contribution in [3.05, 3.63) is 22.5 Å². The lowest BCUT2D eigenvalue weighted by atomic mass is 10.0. The highest BCUT2D eigenvalue weighted by molar-refractivity contribution is 6.06. The lowest BCUT2D eigenvalue weighted by molar-refractivity contribution is -0.141. The molecule has 1 aromatic rings. The number of aromatic nitrogens is 1. The Labute approximate surface area is 123 Å². The van der Waals surface area contributed by atoms with Crippen LogP contribution in [0.1, 0.15) is 58.8 Å². The van der Waals surface area contributed by atoms with Crippen molar-refractivity contribution in [2.24, 2.45) is 0 Å². The smallest absolute Gasteiger partial charge is 0.355 e. The van der Waals surface area contributed by atoms with E-state index in [-0.39, 0.29) is 37.1 Å². The van der Waals surface area contributed by atoms with Crippen molar-refractivity contribution >= 4 is 17.7 Å². The summed E-state index contributed by atoms with van der Waals surface area (Å²) in [5, 5.41) is 0. The molecule has 0 aliphatic carbocycles. The van der Waals surface area contributed by atoms with E-state index in [1.807, 2.05) is 0 Å². The number of carbonyl (C=O) groups is 3. The Morgan fingerprint density at radius 1 is 1.14 bits per heavy atom. The quantitative estimate of drug-likeness (QED) is 0.474. The van der Waals surface area contributed by atoms with Crippen LogP contribution >= 0.6 is 0 Å². The van der Waals surface area contributed by atoms with Gasteiger partial charge in [0, 0.05) is 19.0 Å². The van der Waals surface area contributed by atoms with Gasteiger partial charge in [-0.25, -0.2) is 4.79 Å². The first kappa shape index (κ1) is 16.9. The van der Waals surface area contributed by atoms with E-state index in [2.05, 4.69) is 4.98 Å². The van der Waals surface area contributed by atoms with Crippen LogP contribution < -0.4 is 0 Å². The van der Waals surface area contributed by atoms with Gasteiger partial charge in [-0.1, -0.05) is 0 Å². The zero-order valence-electron chi connectivity index (χ0n) is 12.9. The van der Waals surface area contributed by atoms with E-state index in [9.17, 15) is 14.4 Å². The molecule has 0 saturated carbocycles. The van der Waals surface area contributed by atoms with Gasteiger partial charge in [-0.05, 0) is 32.8 Å². The molecular weight excluding hydrogens is 274 g/mol. The number of hydrogen-bond donors (Lipinski definition) is 1. The number of rotatable bonds is 7. The van der Waals surface area contributed by atoms with Crippen LogP contribution in [0.5, 0.6) is 0 Å². The van der Waals surface area contributed by atoms with Gasteiger partial charge in [0.15, 0.2) is 5.78 Å². The first-order valence-electron chi connectivity index (χ1n) is 6.91. The molecule has 0 amide bonds. The monoisotopic (exact) mass is 295 g/mol. The molecule has 1 heterocycles. The SMILES string of the molecule is CCOC(=O)c1[nH]c(C)c(C)c1C(=O)CCCOC(C)=O. The largest absolute Gasteiger partial charge is 0.466 e. The van der Waals surface area contributed by atoms with Gasteiger partial charge in [0.2, 0.25) is 0 Å². The van der Waals surface area contributed by atoms with Crippen LogP contribution in [-0.4, -0.2) is 35.9 Å². The van der Waals surface area contributed by atoms with Gasteiger partial charge < -0.3 is 14.5 Å². The molecule has 0 fully saturated rings. The molecule has 0 aliphatic rings. The van der Waals surface area contributed by atoms with Crippen LogP contribution in [0.3, 0.4) is 0 Å². The Hall–Kier alpha value is -2.11. The molecular formula is C15H21NO5. The summed E-state index contributed by atoms with van der Waals surface area (Å²) in [5.74, 6) is -1.06. The van der Waals surface area contributed by atoms with Crippen molar-refractivity contribution in [2.45, 2.75) is 40.5 Å². The Morgan fingerprint density at radius 2 is 1.81 bits per heavy atom. The fraction of sp³-hybridized carbons (Fsp3) is 0.533. The number of aromatic amines is 1. The Bertz CT molecular complexity index is 545. The molecule has 0 atom stereocenters. The second-order valence-electron chi connectivity index (χ2n) is 4.71. The summed E-state index contributed by atoms with van der Waals surface area (Å²) < 4.78 is 9.74. The summed E-state index contributed by atoms with van der Waals surface area (Å²) in [7, 11) is 0. The van der Waals surface area contributed by atoms with Crippen LogP contribution in [0.15, 0.2) is 0 Å². The average molecular weight is 295 g/mol. The minimum absolute atomic E-state index is 0.160. The predicted octanol–water partition coefficient (Wildman–Crippen LogP) is 2.33. The highest BCUT2D eigenvalue weighted by Crippen LogP contribution is 2.21. The maximum absolute atomic E-state index is 12.3. The number of esters is 2. The normalized spacial score (nSPS) is 10.3. The van der Waals surface area contributed by atoms with Crippen molar-refractivity contribution in [2.75, 3.05) is 13.2 Å². The van der Waals surface area contributed by atoms with Gasteiger partial charge in [-0.15, -0.1) is 0 Å². The zero-order valence-corrected chi connectivity index (χ0v) is 12.9. The van der Waals surface area contributed by atoms with E-state index in [0.29, 0.717) is 12.0 Å². The highest BCUT2D eigenvalue weighted by Gasteiger charge is 2.24. The number of nitrogens with one attached hydrogen (secondary N) is 1. The maximum atomic E-state index is 12.3. The standard InChI is InChI=1S/C15H21NO5/c1-5-20-15(19)14-13(9(2)10(3)16-14)12(18)7-6-8-21-11(4)17/h16H,5-8H2,1-4H3. The number of hydrogen-bond acceptors (Lipinski definition) is 5. The van der Waals surface area contributed by atoms with Gasteiger partial charge in [-0.3, -0.25) is 9.59 Å². The van der Waals surface area contributed by atoms with E-state index >= 15 is 0 Å². The fourth-order valence-corrected chi connectivity index (χ4v) is 2.00. The summed E-state index contributed by atoms with van der Waals surface area (Å²) in [4.78, 5) is 37.7. The van der Waals surface area contributed by atoms with Crippen molar-refractivity contribution in [1.82, 2.24) is 4.98 Å². The van der Waals surface area contributed by atoms with Crippen molar-refractivity contribution in [3.63, 3.8) is 0 Å². The van der Waals surface area contributed by atoms with Crippen LogP contribution in [0.2, 0.25) is 0 Å². The third-order valence-electron chi connectivity index (χ3n) is 3.11. The minimum atomic E-state index is -0.531. The van der Waals surface area contributed by atoms with Crippen LogP contribution in [0, 0.1) is 13.8 Å². The molecule has 0 saturated heterocycles. The molecule has 0 spiro atoms. The Morgan fingerprint density at radius 3 is 2.38 bits per heavy atom. The molecule has 6 nitrogen and oxygen atoms in total. The first-order chi connectivity index (χ1) is 9.88. The third kappa shape index (κ3) is 4.44. The van der Waals surface area contributed by atoms with E-state index in [0.717, 1.165) is 11.3 Å². The van der Waals surface area contributed by atoms with Crippen LogP contribution in [-0.2, 0) is 14.3 Å². The molecule has 0 unspecified atom stereocenters. The first-order valence-corrected chi connectivity index (χ1v) is 6.91. The zero-order chi connectivity index (χ0) is 16.0. The van der Waals surface area contributed by atoms with Gasteiger partial charge in [0.1, 0.15) is 5.69 Å². The Kier molecular flexibility index (Phi) is 6.14. The molecule has 1 N–H and O–H groups in total. The van der Waals surface area contributed by atoms with E-state index < -0.39 is 5.97 Å². The van der Waals surface area contributed by atoms with Gasteiger partial charge in [0.25, 0.3) is 0 Å². The molecule has 116 valence electrons. The van der Waals surface area contributed by atoms with Gasteiger partial charge >= 0.3 is 11.9 Å². The maximum Gasteiger partial charge on any atom is 0.355 e. The molecule has 0 aromatic carbocycles. The summed E-state index contributed by atoms with van der Waals surface area (Å²) in [5.41, 5.74) is 2.08. The molecule has 21 heavy (non-hydrogen) atoms. The molecule has 1 aromatic heterocycles. The summed E-state index contributed by atoms with van der Waals surface area (Å²) in [6, 6.07) is 0. The number of ether oxygens (including phenoxy) is 2. The number of H-pyrrole nitrogens is 1. The lowest BCUT2D eigenvalue weighted by Crippen LogP contribution is -2.12. The third-order valence-corrected chi connectivity index (χ3v) is 3.11. The van der Waals surface area contributed by atoms with E-state index in [1.54, 1.807) is 20.8 Å². The van der Waals surface area contributed by atoms with Crippen LogP contribution in [0.4, 0.5) is 0 Å². The number of Topliss-reactive ketones (excluding diaryl/α,β-unsaturated/α-hetero) is 1. The number of aryl methyl sites for hydroxylation is 1. The second-order valence-corrected chi connectivity index (χ2v) is 4.71. The molecule has 1 rings (SSSR count). The van der Waals surface area contributed by atoms with Gasteiger partial charge in [-0.2, -0.15) is 0 Å². The van der Waals surface area contributed by atoms with Gasteiger partial charge in [0.05, 0.1) is 18.8 Å². The van der Waals surface area contributed by atoms with Crippen molar-refractivity contribution in [3.8, 4) is 0 Å². The van der Waals surface area contributed by atoms with E-state index in [1.165, 1.54) is 6.92 Å². The average Bonchev–Trinajstić information content (AvgIpc) is 2.71. The fourth-order valence-electron chi connectivity index (χ4n) is 2.00. The summed E-state index contributed by atoms with van der Waals surface area (Å²) >= 11 is 0. The van der Waals surface area contributed by atoms with Crippen LogP contribution in [0.25, 0.3) is 0 Å². The van der Waals surface area contributed by atoms with E-state index in [4.69, 9.17) is 9.47 Å². The summed E-state index contributed by atoms with van der Waals surface area (Å²) in [6.45, 7) is 7.05. The lowest BCUT2D eigenvalue weighted by Gasteiger charge is -2.05. The van der Waals surface area contributed by atoms with Crippen molar-refractivity contribution in [1.29, 1.82) is 0 Å². The minimum Gasteiger partial charge on any atom is -0.466 e. The second kappa shape index (κ2) is 7.61. The predicted molar refractivity (Wildman–Crippen MR) is 76.4 cm³/mol. The number of ketones is 1. The number of carbonyl (C=O) groups excluding carboxylic acids is 3. The molecule has 0 radical (unpaired) electrons. The topological polar surface area (TPSA) is 85.5 Å². The molecule has 0 aliphatic heterocycles. The molecule has 0 bridgehead atoms. The molecule has 6 heteroatoms.